The highest BCUT2D eigenvalue weighted by Crippen LogP contribution is 2.24. The molecule has 1 aromatic rings. The third-order valence-electron chi connectivity index (χ3n) is 4.49. The number of benzene rings is 1. The Bertz CT molecular complexity index is 877. The number of carbonyl (C=O) groups excluding carboxylic acids is 1. The van der Waals surface area contributed by atoms with Crippen LogP contribution in [0.2, 0.25) is 0 Å². The topological polar surface area (TPSA) is 88.6 Å². The molecule has 0 unspecified atom stereocenters. The number of nitrogens with zero attached hydrogens (tertiary/aromatic N) is 1. The van der Waals surface area contributed by atoms with E-state index in [1.54, 1.807) is 25.1 Å². The summed E-state index contributed by atoms with van der Waals surface area (Å²) in [5.74, 6) is -1.08. The summed E-state index contributed by atoms with van der Waals surface area (Å²) in [5.41, 5.74) is 7.80. The van der Waals surface area contributed by atoms with Crippen molar-refractivity contribution in [3.63, 3.8) is 0 Å². The molecule has 0 bridgehead atoms. The third kappa shape index (κ3) is 4.91. The van der Waals surface area contributed by atoms with E-state index in [9.17, 15) is 14.3 Å². The van der Waals surface area contributed by atoms with Gasteiger partial charge in [-0.2, -0.15) is 0 Å². The Hall–Kier alpha value is -2.83. The zero-order valence-electron chi connectivity index (χ0n) is 16.6. The normalized spacial score (nSPS) is 17.2. The van der Waals surface area contributed by atoms with Gasteiger partial charge in [-0.3, -0.25) is 15.2 Å². The van der Waals surface area contributed by atoms with Gasteiger partial charge < -0.3 is 15.8 Å². The van der Waals surface area contributed by atoms with Crippen molar-refractivity contribution in [3.05, 3.63) is 52.5 Å². The van der Waals surface area contributed by atoms with Crippen LogP contribution in [0, 0.1) is 18.2 Å². The highest BCUT2D eigenvalue weighted by molar-refractivity contribution is 5.96. The molecule has 0 saturated heterocycles. The maximum atomic E-state index is 14.4. The van der Waals surface area contributed by atoms with Crippen LogP contribution in [-0.4, -0.2) is 24.4 Å². The van der Waals surface area contributed by atoms with Crippen molar-refractivity contribution in [2.24, 2.45) is 10.4 Å². The molecule has 1 aliphatic carbocycles. The molecule has 6 nitrogen and oxygen atoms in total. The number of rotatable bonds is 5. The largest absolute Gasteiger partial charge is 0.857 e. The summed E-state index contributed by atoms with van der Waals surface area (Å²) in [4.78, 5) is 16.4. The maximum Gasteiger partial charge on any atom is 0.251 e. The van der Waals surface area contributed by atoms with E-state index in [0.29, 0.717) is 29.1 Å². The molecule has 1 amide bonds. The average Bonchev–Trinajstić information content (AvgIpc) is 3.45. The zero-order chi connectivity index (χ0) is 20.5. The lowest BCUT2D eigenvalue weighted by atomic mass is 9.97. The van der Waals surface area contributed by atoms with Gasteiger partial charge in [0.05, 0.1) is 11.4 Å². The first-order valence-corrected chi connectivity index (χ1v) is 9.41. The lowest BCUT2D eigenvalue weighted by Gasteiger charge is -2.25. The van der Waals surface area contributed by atoms with Gasteiger partial charge in [0.25, 0.3) is 5.91 Å². The fourth-order valence-corrected chi connectivity index (χ4v) is 2.65. The molecule has 0 spiro atoms. The second kappa shape index (κ2) is 7.66. The number of carbonyl (C=O) groups is 1. The van der Waals surface area contributed by atoms with Gasteiger partial charge in [-0.25, -0.2) is 4.39 Å². The molecular weight excluding hydrogens is 359 g/mol. The SMILES string of the molecule is Cc1c(F)cc(C(=O)NC2CC2)cc1C1=CC=C(C([O-])=NCC(C)(C)C)NN1. The predicted molar refractivity (Wildman–Crippen MR) is 106 cm³/mol. The molecule has 1 saturated carbocycles. The van der Waals surface area contributed by atoms with Crippen LogP contribution in [0.5, 0.6) is 0 Å². The van der Waals surface area contributed by atoms with E-state index in [4.69, 9.17) is 0 Å². The second-order valence-electron chi connectivity index (χ2n) is 8.47. The van der Waals surface area contributed by atoms with Gasteiger partial charge >= 0.3 is 0 Å². The van der Waals surface area contributed by atoms with Gasteiger partial charge in [-0.1, -0.05) is 20.8 Å². The quantitative estimate of drug-likeness (QED) is 0.535. The number of hydrogen-bond acceptors (Lipinski definition) is 5. The molecule has 3 rings (SSSR count). The Morgan fingerprint density at radius 1 is 1.29 bits per heavy atom. The van der Waals surface area contributed by atoms with Crippen LogP contribution >= 0.6 is 0 Å². The zero-order valence-corrected chi connectivity index (χ0v) is 16.6. The van der Waals surface area contributed by atoms with E-state index < -0.39 is 5.82 Å². The number of allylic oxidation sites excluding steroid dienone is 2. The van der Waals surface area contributed by atoms with Crippen molar-refractivity contribution in [2.45, 2.75) is 46.6 Å². The Morgan fingerprint density at radius 3 is 2.57 bits per heavy atom. The molecule has 1 heterocycles. The van der Waals surface area contributed by atoms with E-state index in [1.807, 2.05) is 20.8 Å². The molecule has 1 aromatic carbocycles. The van der Waals surface area contributed by atoms with Crippen LogP contribution in [0.25, 0.3) is 5.70 Å². The number of hydrazine groups is 1. The minimum absolute atomic E-state index is 0.0740. The summed E-state index contributed by atoms with van der Waals surface area (Å²) in [6.45, 7) is 8.09. The van der Waals surface area contributed by atoms with Gasteiger partial charge in [-0.05, 0) is 55.0 Å². The molecule has 1 aliphatic heterocycles. The van der Waals surface area contributed by atoms with Crippen LogP contribution in [0.3, 0.4) is 0 Å². The second-order valence-corrected chi connectivity index (χ2v) is 8.47. The number of hydrogen-bond donors (Lipinski definition) is 3. The predicted octanol–water partition coefficient (Wildman–Crippen LogP) is 2.16. The van der Waals surface area contributed by atoms with Crippen molar-refractivity contribution >= 4 is 17.5 Å². The summed E-state index contributed by atoms with van der Waals surface area (Å²) >= 11 is 0. The van der Waals surface area contributed by atoms with Crippen LogP contribution in [0.1, 0.15) is 55.1 Å². The number of nitrogens with one attached hydrogen (secondary N) is 3. The lowest BCUT2D eigenvalue weighted by Crippen LogP contribution is -2.39. The van der Waals surface area contributed by atoms with Crippen LogP contribution < -0.4 is 21.3 Å². The fraction of sp³-hybridized carbons (Fsp3) is 0.429. The van der Waals surface area contributed by atoms with E-state index in [2.05, 4.69) is 21.2 Å². The molecule has 0 radical (unpaired) electrons. The Morgan fingerprint density at radius 2 is 2.00 bits per heavy atom. The Balaban J connectivity index is 1.83. The maximum absolute atomic E-state index is 14.4. The molecule has 28 heavy (non-hydrogen) atoms. The summed E-state index contributed by atoms with van der Waals surface area (Å²) in [5, 5.41) is 15.0. The lowest BCUT2D eigenvalue weighted by molar-refractivity contribution is -0.214. The van der Waals surface area contributed by atoms with Crippen molar-refractivity contribution in [1.29, 1.82) is 0 Å². The minimum Gasteiger partial charge on any atom is -0.857 e. The number of halogens is 1. The molecular formula is C21H26FN4O2-. The molecule has 0 atom stereocenters. The fourth-order valence-electron chi connectivity index (χ4n) is 2.65. The number of amides is 1. The monoisotopic (exact) mass is 385 g/mol. The summed E-state index contributed by atoms with van der Waals surface area (Å²) in [7, 11) is 0. The first-order chi connectivity index (χ1) is 13.1. The standard InChI is InChI=1S/C21H27FN4O2/c1-12-15(9-13(10-16(12)22)19(27)24-14-5-6-14)17-7-8-18(26-25-17)20(28)23-11-21(2,3)4/h7-10,14,25-26H,5-6,11H2,1-4H3,(H,23,28)(H,24,27)/p-1. The highest BCUT2D eigenvalue weighted by atomic mass is 19.1. The Labute approximate surface area is 164 Å². The molecule has 7 heteroatoms. The first kappa shape index (κ1) is 19.9. The van der Waals surface area contributed by atoms with E-state index >= 15 is 0 Å². The van der Waals surface area contributed by atoms with Crippen LogP contribution in [0.4, 0.5) is 4.39 Å². The van der Waals surface area contributed by atoms with Crippen molar-refractivity contribution in [2.75, 3.05) is 6.54 Å². The van der Waals surface area contributed by atoms with Crippen molar-refractivity contribution < 1.29 is 14.3 Å². The van der Waals surface area contributed by atoms with Gasteiger partial charge in [0.1, 0.15) is 5.82 Å². The third-order valence-corrected chi connectivity index (χ3v) is 4.49. The molecule has 1 fully saturated rings. The van der Waals surface area contributed by atoms with Gasteiger partial charge in [0.2, 0.25) is 0 Å². The first-order valence-electron chi connectivity index (χ1n) is 9.41. The Kier molecular flexibility index (Phi) is 5.45. The molecule has 0 aromatic heterocycles. The van der Waals surface area contributed by atoms with Gasteiger partial charge in [0, 0.05) is 29.6 Å². The van der Waals surface area contributed by atoms with Gasteiger partial charge in [0.15, 0.2) is 0 Å². The highest BCUT2D eigenvalue weighted by Gasteiger charge is 2.25. The van der Waals surface area contributed by atoms with Crippen LogP contribution in [0.15, 0.2) is 35.0 Å². The van der Waals surface area contributed by atoms with Crippen molar-refractivity contribution in [1.82, 2.24) is 16.2 Å². The van der Waals surface area contributed by atoms with Crippen molar-refractivity contribution in [3.8, 4) is 0 Å². The minimum atomic E-state index is -0.452. The summed E-state index contributed by atoms with van der Waals surface area (Å²) in [6.07, 6.45) is 5.21. The van der Waals surface area contributed by atoms with Crippen LogP contribution in [-0.2, 0) is 0 Å². The van der Waals surface area contributed by atoms with E-state index in [-0.39, 0.29) is 28.8 Å². The van der Waals surface area contributed by atoms with E-state index in [0.717, 1.165) is 12.8 Å². The summed E-state index contributed by atoms with van der Waals surface area (Å²) in [6, 6.07) is 3.10. The van der Waals surface area contributed by atoms with Gasteiger partial charge in [-0.15, -0.1) is 0 Å². The number of aliphatic imine (C=N–C) groups is 1. The smallest absolute Gasteiger partial charge is 0.251 e. The molecule has 3 N–H and O–H groups in total. The average molecular weight is 385 g/mol. The molecule has 150 valence electrons. The molecule has 2 aliphatic rings. The summed E-state index contributed by atoms with van der Waals surface area (Å²) < 4.78 is 14.4. The van der Waals surface area contributed by atoms with E-state index in [1.165, 1.54) is 6.07 Å².